The van der Waals surface area contributed by atoms with E-state index in [1.54, 1.807) is 4.68 Å². The largest absolute Gasteiger partial charge is 0.484 e. The quantitative estimate of drug-likeness (QED) is 0.457. The molecular formula is C25H26N6O2. The standard InChI is InChI=1S/C25H26N6O2/c1-19-6-9-22(10-7-19)31-24(26-27-28-31)17-29-12-14-30(15-13-29)25(32)18-33-23-11-8-20-4-2-3-5-21(20)16-23/h2-11,16H,12-15,17-18H2,1H3. The van der Waals surface area contributed by atoms with Crippen molar-refractivity contribution in [3.8, 4) is 11.4 Å². The Bertz CT molecular complexity index is 1250. The summed E-state index contributed by atoms with van der Waals surface area (Å²) in [4.78, 5) is 16.8. The first-order valence-electron chi connectivity index (χ1n) is 11.1. The van der Waals surface area contributed by atoms with E-state index in [9.17, 15) is 4.79 Å². The van der Waals surface area contributed by atoms with E-state index in [4.69, 9.17) is 4.74 Å². The number of aryl methyl sites for hydroxylation is 1. The summed E-state index contributed by atoms with van der Waals surface area (Å²) in [6.07, 6.45) is 0. The van der Waals surface area contributed by atoms with Gasteiger partial charge in [-0.05, 0) is 52.4 Å². The number of rotatable bonds is 6. The molecule has 33 heavy (non-hydrogen) atoms. The molecule has 1 amide bonds. The number of tetrazole rings is 1. The van der Waals surface area contributed by atoms with Crippen molar-refractivity contribution >= 4 is 16.7 Å². The van der Waals surface area contributed by atoms with Crippen molar-refractivity contribution in [2.75, 3.05) is 32.8 Å². The second kappa shape index (κ2) is 9.38. The second-order valence-corrected chi connectivity index (χ2v) is 8.30. The number of aromatic nitrogens is 4. The van der Waals surface area contributed by atoms with Crippen molar-refractivity contribution in [3.05, 3.63) is 78.1 Å². The lowest BCUT2D eigenvalue weighted by Gasteiger charge is -2.34. The van der Waals surface area contributed by atoms with Gasteiger partial charge in [-0.1, -0.05) is 48.0 Å². The lowest BCUT2D eigenvalue weighted by atomic mass is 10.1. The van der Waals surface area contributed by atoms with Crippen LogP contribution in [0.15, 0.2) is 66.7 Å². The fraction of sp³-hybridized carbons (Fsp3) is 0.280. The Labute approximate surface area is 192 Å². The normalized spacial score (nSPS) is 14.5. The van der Waals surface area contributed by atoms with Gasteiger partial charge >= 0.3 is 0 Å². The van der Waals surface area contributed by atoms with Crippen LogP contribution in [-0.2, 0) is 11.3 Å². The number of piperazine rings is 1. The Kier molecular flexibility index (Phi) is 5.99. The zero-order valence-electron chi connectivity index (χ0n) is 18.6. The number of fused-ring (bicyclic) bond motifs is 1. The van der Waals surface area contributed by atoms with Gasteiger partial charge in [0.2, 0.25) is 0 Å². The lowest BCUT2D eigenvalue weighted by Crippen LogP contribution is -2.49. The number of hydrogen-bond acceptors (Lipinski definition) is 6. The molecule has 1 aromatic heterocycles. The molecule has 0 saturated carbocycles. The molecule has 0 N–H and O–H groups in total. The third-order valence-corrected chi connectivity index (χ3v) is 5.99. The highest BCUT2D eigenvalue weighted by atomic mass is 16.5. The molecule has 0 unspecified atom stereocenters. The van der Waals surface area contributed by atoms with E-state index in [2.05, 4.69) is 33.4 Å². The zero-order valence-corrected chi connectivity index (χ0v) is 18.6. The Morgan fingerprint density at radius 1 is 0.939 bits per heavy atom. The summed E-state index contributed by atoms with van der Waals surface area (Å²) in [6, 6.07) is 22.1. The fourth-order valence-corrected chi connectivity index (χ4v) is 4.04. The molecule has 0 radical (unpaired) electrons. The van der Waals surface area contributed by atoms with Gasteiger partial charge in [0, 0.05) is 26.2 Å². The van der Waals surface area contributed by atoms with Gasteiger partial charge in [-0.15, -0.1) is 5.10 Å². The minimum Gasteiger partial charge on any atom is -0.484 e. The summed E-state index contributed by atoms with van der Waals surface area (Å²) in [6.45, 7) is 5.58. The molecule has 8 heteroatoms. The zero-order chi connectivity index (χ0) is 22.6. The molecule has 0 aliphatic carbocycles. The summed E-state index contributed by atoms with van der Waals surface area (Å²) >= 11 is 0. The van der Waals surface area contributed by atoms with Crippen LogP contribution in [0.3, 0.4) is 0 Å². The molecule has 0 atom stereocenters. The van der Waals surface area contributed by atoms with Crippen LogP contribution in [0.2, 0.25) is 0 Å². The van der Waals surface area contributed by atoms with Gasteiger partial charge in [-0.2, -0.15) is 4.68 Å². The number of ether oxygens (including phenoxy) is 1. The van der Waals surface area contributed by atoms with Crippen LogP contribution >= 0.6 is 0 Å². The maximum atomic E-state index is 12.7. The minimum absolute atomic E-state index is 0.00676. The monoisotopic (exact) mass is 442 g/mol. The number of hydrogen-bond donors (Lipinski definition) is 0. The van der Waals surface area contributed by atoms with Crippen LogP contribution in [0.4, 0.5) is 0 Å². The topological polar surface area (TPSA) is 76.4 Å². The Hall–Kier alpha value is -3.78. The molecule has 8 nitrogen and oxygen atoms in total. The van der Waals surface area contributed by atoms with E-state index in [0.29, 0.717) is 25.4 Å². The van der Waals surface area contributed by atoms with Crippen molar-refractivity contribution in [1.82, 2.24) is 30.0 Å². The predicted molar refractivity (Wildman–Crippen MR) is 125 cm³/mol. The highest BCUT2D eigenvalue weighted by Crippen LogP contribution is 2.20. The van der Waals surface area contributed by atoms with E-state index in [1.165, 1.54) is 5.56 Å². The van der Waals surface area contributed by atoms with Gasteiger partial charge < -0.3 is 9.64 Å². The summed E-state index contributed by atoms with van der Waals surface area (Å²) in [7, 11) is 0. The van der Waals surface area contributed by atoms with Gasteiger partial charge in [0.1, 0.15) is 5.75 Å². The molecule has 168 valence electrons. The van der Waals surface area contributed by atoms with Crippen molar-refractivity contribution in [2.45, 2.75) is 13.5 Å². The third-order valence-electron chi connectivity index (χ3n) is 5.99. The van der Waals surface area contributed by atoms with Gasteiger partial charge in [-0.3, -0.25) is 9.69 Å². The third kappa shape index (κ3) is 4.85. The Morgan fingerprint density at radius 3 is 2.48 bits per heavy atom. The number of benzene rings is 3. The molecule has 0 spiro atoms. The summed E-state index contributed by atoms with van der Waals surface area (Å²) in [5, 5.41) is 14.5. The van der Waals surface area contributed by atoms with E-state index in [-0.39, 0.29) is 12.5 Å². The molecule has 1 aliphatic heterocycles. The number of nitrogens with zero attached hydrogens (tertiary/aromatic N) is 6. The molecular weight excluding hydrogens is 416 g/mol. The van der Waals surface area contributed by atoms with E-state index in [0.717, 1.165) is 35.4 Å². The summed E-state index contributed by atoms with van der Waals surface area (Å²) in [5.41, 5.74) is 2.14. The SMILES string of the molecule is Cc1ccc(-n2nnnc2CN2CCN(C(=O)COc3ccc4ccccc4c3)CC2)cc1. The van der Waals surface area contributed by atoms with Crippen LogP contribution in [0.25, 0.3) is 16.5 Å². The number of carbonyl (C=O) groups is 1. The summed E-state index contributed by atoms with van der Waals surface area (Å²) in [5.74, 6) is 1.51. The van der Waals surface area contributed by atoms with Crippen LogP contribution < -0.4 is 4.74 Å². The first-order valence-corrected chi connectivity index (χ1v) is 11.1. The molecule has 0 bridgehead atoms. The molecule has 4 aromatic rings. The van der Waals surface area contributed by atoms with Crippen molar-refractivity contribution in [2.24, 2.45) is 0 Å². The summed E-state index contributed by atoms with van der Waals surface area (Å²) < 4.78 is 7.55. The fourth-order valence-electron chi connectivity index (χ4n) is 4.04. The highest BCUT2D eigenvalue weighted by Gasteiger charge is 2.23. The maximum Gasteiger partial charge on any atom is 0.260 e. The minimum atomic E-state index is 0.00676. The number of carbonyl (C=O) groups excluding carboxylic acids is 1. The maximum absolute atomic E-state index is 12.7. The van der Waals surface area contributed by atoms with Crippen molar-refractivity contribution < 1.29 is 9.53 Å². The van der Waals surface area contributed by atoms with Crippen molar-refractivity contribution in [1.29, 1.82) is 0 Å². The molecule has 5 rings (SSSR count). The highest BCUT2D eigenvalue weighted by molar-refractivity contribution is 5.84. The van der Waals surface area contributed by atoms with E-state index >= 15 is 0 Å². The van der Waals surface area contributed by atoms with Crippen LogP contribution in [-0.4, -0.2) is 68.7 Å². The molecule has 1 fully saturated rings. The molecule has 1 saturated heterocycles. The Balaban J connectivity index is 1.13. The average molecular weight is 443 g/mol. The molecule has 2 heterocycles. The van der Waals surface area contributed by atoms with Gasteiger partial charge in [0.15, 0.2) is 12.4 Å². The first kappa shape index (κ1) is 21.1. The number of amides is 1. The molecule has 1 aliphatic rings. The first-order chi connectivity index (χ1) is 16.2. The van der Waals surface area contributed by atoms with Crippen LogP contribution in [0, 0.1) is 6.92 Å². The Morgan fingerprint density at radius 2 is 1.70 bits per heavy atom. The second-order valence-electron chi connectivity index (χ2n) is 8.30. The van der Waals surface area contributed by atoms with Crippen LogP contribution in [0.5, 0.6) is 5.75 Å². The van der Waals surface area contributed by atoms with Crippen molar-refractivity contribution in [3.63, 3.8) is 0 Å². The van der Waals surface area contributed by atoms with Gasteiger partial charge in [0.05, 0.1) is 12.2 Å². The van der Waals surface area contributed by atoms with Gasteiger partial charge in [-0.25, -0.2) is 0 Å². The van der Waals surface area contributed by atoms with E-state index in [1.807, 2.05) is 65.6 Å². The predicted octanol–water partition coefficient (Wildman–Crippen LogP) is 2.85. The van der Waals surface area contributed by atoms with E-state index < -0.39 is 0 Å². The smallest absolute Gasteiger partial charge is 0.260 e. The molecule has 3 aromatic carbocycles. The van der Waals surface area contributed by atoms with Crippen LogP contribution in [0.1, 0.15) is 11.4 Å². The lowest BCUT2D eigenvalue weighted by molar-refractivity contribution is -0.135. The average Bonchev–Trinajstić information content (AvgIpc) is 3.31. The van der Waals surface area contributed by atoms with Gasteiger partial charge in [0.25, 0.3) is 5.91 Å².